The molecule has 17 heavy (non-hydrogen) atoms. The molecule has 0 radical (unpaired) electrons. The fourth-order valence-electron chi connectivity index (χ4n) is 2.39. The van der Waals surface area contributed by atoms with E-state index in [9.17, 15) is 4.79 Å². The molecule has 2 aromatic rings. The summed E-state index contributed by atoms with van der Waals surface area (Å²) in [5.41, 5.74) is 2.78. The van der Waals surface area contributed by atoms with Crippen molar-refractivity contribution in [3.63, 3.8) is 0 Å². The van der Waals surface area contributed by atoms with Gasteiger partial charge in [0.2, 0.25) is 0 Å². The summed E-state index contributed by atoms with van der Waals surface area (Å²) in [6, 6.07) is 7.39. The Hall–Kier alpha value is -1.48. The number of hydrogen-bond donors (Lipinski definition) is 1. The second kappa shape index (κ2) is 4.08. The first-order chi connectivity index (χ1) is 8.27. The summed E-state index contributed by atoms with van der Waals surface area (Å²) in [7, 11) is 0. The van der Waals surface area contributed by atoms with E-state index in [-0.39, 0.29) is 5.56 Å². The van der Waals surface area contributed by atoms with Gasteiger partial charge in [0.15, 0.2) is 0 Å². The van der Waals surface area contributed by atoms with E-state index in [2.05, 4.69) is 5.10 Å². The maximum atomic E-state index is 12.2. The highest BCUT2D eigenvalue weighted by Gasteiger charge is 2.18. The third-order valence-corrected chi connectivity index (χ3v) is 3.59. The number of fused-ring (bicyclic) bond motifs is 1. The molecule has 0 amide bonds. The van der Waals surface area contributed by atoms with Gasteiger partial charge in [-0.1, -0.05) is 23.7 Å². The van der Waals surface area contributed by atoms with Crippen molar-refractivity contribution in [1.29, 1.82) is 0 Å². The van der Waals surface area contributed by atoms with Gasteiger partial charge < -0.3 is 0 Å². The van der Waals surface area contributed by atoms with Crippen LogP contribution in [0.15, 0.2) is 29.1 Å². The smallest absolute Gasteiger partial charge is 0.274 e. The van der Waals surface area contributed by atoms with Crippen molar-refractivity contribution in [2.24, 2.45) is 0 Å². The third kappa shape index (κ3) is 1.71. The lowest BCUT2D eigenvalue weighted by molar-refractivity contribution is 0.671. The predicted octanol–water partition coefficient (Wildman–Crippen LogP) is 2.70. The summed E-state index contributed by atoms with van der Waals surface area (Å²) in [6.45, 7) is 0. The highest BCUT2D eigenvalue weighted by Crippen LogP contribution is 2.21. The van der Waals surface area contributed by atoms with E-state index in [1.807, 2.05) is 18.2 Å². The van der Waals surface area contributed by atoms with Crippen molar-refractivity contribution in [3.05, 3.63) is 50.9 Å². The molecule has 0 spiro atoms. The van der Waals surface area contributed by atoms with Crippen LogP contribution in [-0.4, -0.2) is 9.78 Å². The lowest BCUT2D eigenvalue weighted by Gasteiger charge is -2.07. The lowest BCUT2D eigenvalue weighted by atomic mass is 9.98. The van der Waals surface area contributed by atoms with Crippen LogP contribution in [0.2, 0.25) is 5.02 Å². The molecule has 0 atom stereocenters. The molecule has 88 valence electrons. The van der Waals surface area contributed by atoms with Gasteiger partial charge in [-0.25, -0.2) is 4.68 Å². The van der Waals surface area contributed by atoms with Crippen LogP contribution in [0.5, 0.6) is 0 Å². The fraction of sp³-hybridized carbons (Fsp3) is 0.308. The van der Waals surface area contributed by atoms with Crippen LogP contribution >= 0.6 is 11.6 Å². The first-order valence-corrected chi connectivity index (χ1v) is 6.23. The van der Waals surface area contributed by atoms with Crippen LogP contribution in [0.1, 0.15) is 24.1 Å². The van der Waals surface area contributed by atoms with Crippen LogP contribution < -0.4 is 5.56 Å². The summed E-state index contributed by atoms with van der Waals surface area (Å²) in [6.07, 6.45) is 4.09. The number of aromatic nitrogens is 2. The average molecular weight is 249 g/mol. The van der Waals surface area contributed by atoms with Gasteiger partial charge in [0, 0.05) is 11.3 Å². The summed E-state index contributed by atoms with van der Waals surface area (Å²) < 4.78 is 1.57. The van der Waals surface area contributed by atoms with E-state index in [1.54, 1.807) is 10.7 Å². The van der Waals surface area contributed by atoms with Crippen molar-refractivity contribution in [3.8, 4) is 5.69 Å². The zero-order chi connectivity index (χ0) is 11.8. The van der Waals surface area contributed by atoms with Gasteiger partial charge in [0.25, 0.3) is 5.56 Å². The number of benzene rings is 1. The minimum atomic E-state index is 0.0489. The molecular weight excluding hydrogens is 236 g/mol. The first kappa shape index (κ1) is 10.7. The SMILES string of the molecule is O=c1c2c([nH]n1-c1ccccc1Cl)CCCC2. The van der Waals surface area contributed by atoms with E-state index >= 15 is 0 Å². The van der Waals surface area contributed by atoms with Crippen LogP contribution in [0, 0.1) is 0 Å². The fourth-order valence-corrected chi connectivity index (χ4v) is 2.61. The van der Waals surface area contributed by atoms with E-state index in [0.29, 0.717) is 5.02 Å². The second-order valence-electron chi connectivity index (χ2n) is 4.37. The average Bonchev–Trinajstić information content (AvgIpc) is 2.68. The van der Waals surface area contributed by atoms with Gasteiger partial charge in [-0.05, 0) is 37.8 Å². The van der Waals surface area contributed by atoms with E-state index < -0.39 is 0 Å². The summed E-state index contributed by atoms with van der Waals surface area (Å²) in [5, 5.41) is 3.77. The highest BCUT2D eigenvalue weighted by atomic mass is 35.5. The molecule has 1 heterocycles. The number of rotatable bonds is 1. The number of para-hydroxylation sites is 1. The van der Waals surface area contributed by atoms with Crippen molar-refractivity contribution in [2.75, 3.05) is 0 Å². The Morgan fingerprint density at radius 2 is 1.94 bits per heavy atom. The molecule has 1 aliphatic carbocycles. The lowest BCUT2D eigenvalue weighted by Crippen LogP contribution is -2.18. The number of halogens is 1. The van der Waals surface area contributed by atoms with Gasteiger partial charge in [-0.2, -0.15) is 0 Å². The Bertz CT molecular complexity index is 612. The highest BCUT2D eigenvalue weighted by molar-refractivity contribution is 6.32. The maximum Gasteiger partial charge on any atom is 0.274 e. The predicted molar refractivity (Wildman–Crippen MR) is 68.0 cm³/mol. The molecule has 0 saturated heterocycles. The Balaban J connectivity index is 2.20. The number of aromatic amines is 1. The molecule has 1 N–H and O–H groups in total. The topological polar surface area (TPSA) is 37.8 Å². The monoisotopic (exact) mass is 248 g/mol. The molecule has 0 bridgehead atoms. The Kier molecular flexibility index (Phi) is 2.56. The Morgan fingerprint density at radius 3 is 2.71 bits per heavy atom. The summed E-state index contributed by atoms with van der Waals surface area (Å²) in [5.74, 6) is 0. The zero-order valence-corrected chi connectivity index (χ0v) is 10.1. The third-order valence-electron chi connectivity index (χ3n) is 3.27. The molecule has 3 rings (SSSR count). The number of nitrogens with zero attached hydrogens (tertiary/aromatic N) is 1. The largest absolute Gasteiger partial charge is 0.295 e. The first-order valence-electron chi connectivity index (χ1n) is 5.85. The van der Waals surface area contributed by atoms with Gasteiger partial charge in [-0.15, -0.1) is 0 Å². The van der Waals surface area contributed by atoms with E-state index in [0.717, 1.165) is 42.6 Å². The molecule has 4 heteroatoms. The van der Waals surface area contributed by atoms with Gasteiger partial charge in [0.1, 0.15) is 0 Å². The minimum Gasteiger partial charge on any atom is -0.295 e. The van der Waals surface area contributed by atoms with E-state index in [4.69, 9.17) is 11.6 Å². The molecule has 1 aromatic heterocycles. The van der Waals surface area contributed by atoms with Crippen LogP contribution in [0.4, 0.5) is 0 Å². The standard InChI is InChI=1S/C13H13ClN2O/c14-10-6-2-4-8-12(10)16-13(17)9-5-1-3-7-11(9)15-16/h2,4,6,8,15H,1,3,5,7H2. The van der Waals surface area contributed by atoms with Crippen LogP contribution in [0.25, 0.3) is 5.69 Å². The summed E-state index contributed by atoms with van der Waals surface area (Å²) in [4.78, 5) is 12.2. The minimum absolute atomic E-state index is 0.0489. The maximum absolute atomic E-state index is 12.2. The van der Waals surface area contributed by atoms with Crippen LogP contribution in [-0.2, 0) is 12.8 Å². The molecule has 1 aromatic carbocycles. The van der Waals surface area contributed by atoms with Gasteiger partial charge in [0.05, 0.1) is 10.7 Å². The number of hydrogen-bond acceptors (Lipinski definition) is 1. The molecule has 3 nitrogen and oxygen atoms in total. The Morgan fingerprint density at radius 1 is 1.18 bits per heavy atom. The number of H-pyrrole nitrogens is 1. The number of aryl methyl sites for hydroxylation is 1. The molecule has 0 saturated carbocycles. The molecule has 1 aliphatic rings. The van der Waals surface area contributed by atoms with E-state index in [1.165, 1.54) is 0 Å². The van der Waals surface area contributed by atoms with Crippen molar-refractivity contribution < 1.29 is 0 Å². The quantitative estimate of drug-likeness (QED) is 0.828. The van der Waals surface area contributed by atoms with Crippen LogP contribution in [0.3, 0.4) is 0 Å². The molecule has 0 aliphatic heterocycles. The second-order valence-corrected chi connectivity index (χ2v) is 4.78. The van der Waals surface area contributed by atoms with Crippen molar-refractivity contribution in [1.82, 2.24) is 9.78 Å². The van der Waals surface area contributed by atoms with Gasteiger partial charge >= 0.3 is 0 Å². The molecule has 0 fully saturated rings. The van der Waals surface area contributed by atoms with Gasteiger partial charge in [-0.3, -0.25) is 9.89 Å². The summed E-state index contributed by atoms with van der Waals surface area (Å²) >= 11 is 6.11. The normalized spacial score (nSPS) is 14.6. The Labute approximate surface area is 104 Å². The molecular formula is C13H13ClN2O. The van der Waals surface area contributed by atoms with Crippen molar-refractivity contribution >= 4 is 11.6 Å². The zero-order valence-electron chi connectivity index (χ0n) is 9.37. The molecule has 0 unspecified atom stereocenters. The van der Waals surface area contributed by atoms with Crippen molar-refractivity contribution in [2.45, 2.75) is 25.7 Å². The number of nitrogens with one attached hydrogen (secondary N) is 1.